The van der Waals surface area contributed by atoms with Crippen LogP contribution in [0.3, 0.4) is 0 Å². The molecule has 2 rings (SSSR count). The van der Waals surface area contributed by atoms with Crippen molar-refractivity contribution in [3.05, 3.63) is 17.5 Å². The van der Waals surface area contributed by atoms with E-state index in [4.69, 9.17) is 4.52 Å². The lowest BCUT2D eigenvalue weighted by Crippen LogP contribution is -2.42. The maximum absolute atomic E-state index is 5.27. The van der Waals surface area contributed by atoms with Gasteiger partial charge in [-0.1, -0.05) is 19.0 Å². The van der Waals surface area contributed by atoms with Gasteiger partial charge in [-0.3, -0.25) is 4.99 Å². The molecule has 2 N–H and O–H groups in total. The number of hydrogen-bond donors (Lipinski definition) is 2. The van der Waals surface area contributed by atoms with Gasteiger partial charge >= 0.3 is 0 Å². The van der Waals surface area contributed by atoms with Crippen molar-refractivity contribution in [1.82, 2.24) is 15.8 Å². The Kier molecular flexibility index (Phi) is 9.23. The van der Waals surface area contributed by atoms with Crippen molar-refractivity contribution in [3.63, 3.8) is 0 Å². The summed E-state index contributed by atoms with van der Waals surface area (Å²) in [7, 11) is 1.81. The summed E-state index contributed by atoms with van der Waals surface area (Å²) in [5.41, 5.74) is 0.991. The maximum Gasteiger partial charge on any atom is 0.191 e. The van der Waals surface area contributed by atoms with E-state index < -0.39 is 0 Å². The van der Waals surface area contributed by atoms with Crippen molar-refractivity contribution in [1.29, 1.82) is 0 Å². The molecule has 0 aromatic carbocycles. The molecule has 0 radical (unpaired) electrons. The summed E-state index contributed by atoms with van der Waals surface area (Å²) >= 11 is 2.07. The Labute approximate surface area is 154 Å². The van der Waals surface area contributed by atoms with E-state index >= 15 is 0 Å². The number of thioether (sulfide) groups is 1. The van der Waals surface area contributed by atoms with Crippen LogP contribution in [-0.4, -0.2) is 35.2 Å². The first-order valence-corrected chi connectivity index (χ1v) is 8.83. The first-order chi connectivity index (χ1) is 10.2. The maximum atomic E-state index is 5.27. The number of aliphatic imine (C=N–C) groups is 1. The van der Waals surface area contributed by atoms with Crippen LogP contribution < -0.4 is 10.6 Å². The summed E-state index contributed by atoms with van der Waals surface area (Å²) in [6, 6.07) is 2.52. The molecule has 0 spiro atoms. The molecule has 0 aliphatic heterocycles. The molecule has 0 amide bonds. The standard InChI is InChI=1S/C15H26N4OS.HI/c1-4-11-8-13(20-19-11)10-17-15(16-3)18-12-6-7-14(9-12)21-5-2;/h8,12,14H,4-7,9-10H2,1-3H3,(H2,16,17,18);1H. The van der Waals surface area contributed by atoms with Gasteiger partial charge in [-0.2, -0.15) is 11.8 Å². The Hall–Kier alpha value is -0.440. The highest BCUT2D eigenvalue weighted by atomic mass is 127. The van der Waals surface area contributed by atoms with E-state index in [1.165, 1.54) is 25.0 Å². The molecular weight excluding hydrogens is 411 g/mol. The molecular formula is C15H27IN4OS. The summed E-state index contributed by atoms with van der Waals surface area (Å²) < 4.78 is 5.27. The second-order valence-corrected chi connectivity index (χ2v) is 6.87. The molecule has 1 aliphatic rings. The van der Waals surface area contributed by atoms with Gasteiger partial charge in [0.1, 0.15) is 0 Å². The van der Waals surface area contributed by atoms with Gasteiger partial charge in [-0.05, 0) is 31.4 Å². The molecule has 0 saturated heterocycles. The molecule has 126 valence electrons. The largest absolute Gasteiger partial charge is 0.359 e. The molecule has 1 aromatic heterocycles. The van der Waals surface area contributed by atoms with Crippen molar-refractivity contribution >= 4 is 41.7 Å². The van der Waals surface area contributed by atoms with E-state index in [2.05, 4.69) is 46.4 Å². The number of aryl methyl sites for hydroxylation is 1. The van der Waals surface area contributed by atoms with Gasteiger partial charge in [0.25, 0.3) is 0 Å². The normalized spacial score (nSPS) is 21.5. The molecule has 1 aliphatic carbocycles. The third-order valence-electron chi connectivity index (χ3n) is 3.75. The van der Waals surface area contributed by atoms with E-state index in [1.54, 1.807) is 7.05 Å². The molecule has 22 heavy (non-hydrogen) atoms. The van der Waals surface area contributed by atoms with Gasteiger partial charge in [-0.15, -0.1) is 24.0 Å². The number of guanidine groups is 1. The lowest BCUT2D eigenvalue weighted by Gasteiger charge is -2.16. The van der Waals surface area contributed by atoms with E-state index in [-0.39, 0.29) is 24.0 Å². The number of rotatable bonds is 6. The fraction of sp³-hybridized carbons (Fsp3) is 0.733. The van der Waals surface area contributed by atoms with E-state index in [0.29, 0.717) is 12.6 Å². The molecule has 0 bridgehead atoms. The molecule has 1 saturated carbocycles. The molecule has 1 fully saturated rings. The number of nitrogens with one attached hydrogen (secondary N) is 2. The fourth-order valence-corrected chi connectivity index (χ4v) is 3.77. The third kappa shape index (κ3) is 5.98. The predicted octanol–water partition coefficient (Wildman–Crippen LogP) is 3.19. The van der Waals surface area contributed by atoms with Gasteiger partial charge in [-0.25, -0.2) is 0 Å². The van der Waals surface area contributed by atoms with Crippen molar-refractivity contribution in [2.45, 2.75) is 57.4 Å². The van der Waals surface area contributed by atoms with Gasteiger partial charge < -0.3 is 15.2 Å². The van der Waals surface area contributed by atoms with Crippen LogP contribution in [0.2, 0.25) is 0 Å². The predicted molar refractivity (Wildman–Crippen MR) is 104 cm³/mol. The minimum Gasteiger partial charge on any atom is -0.359 e. The first kappa shape index (κ1) is 19.6. The van der Waals surface area contributed by atoms with E-state index in [1.807, 2.05) is 6.07 Å². The SMILES string of the molecule is CCSC1CCC(NC(=NC)NCc2cc(CC)no2)C1.I. The number of nitrogens with zero attached hydrogens (tertiary/aromatic N) is 2. The van der Waals surface area contributed by atoms with Crippen LogP contribution in [0.25, 0.3) is 0 Å². The van der Waals surface area contributed by atoms with Crippen LogP contribution in [0.15, 0.2) is 15.6 Å². The molecule has 2 atom stereocenters. The van der Waals surface area contributed by atoms with E-state index in [9.17, 15) is 0 Å². The Balaban J connectivity index is 0.00000242. The molecule has 5 nitrogen and oxygen atoms in total. The summed E-state index contributed by atoms with van der Waals surface area (Å²) in [6.45, 7) is 4.92. The van der Waals surface area contributed by atoms with Crippen LogP contribution in [0.1, 0.15) is 44.6 Å². The van der Waals surface area contributed by atoms with Gasteiger partial charge in [0, 0.05) is 24.4 Å². The average Bonchev–Trinajstić information content (AvgIpc) is 3.13. The Morgan fingerprint density at radius 1 is 1.45 bits per heavy atom. The second kappa shape index (κ2) is 10.4. The minimum absolute atomic E-state index is 0. The lowest BCUT2D eigenvalue weighted by atomic mass is 10.2. The number of halogens is 1. The highest BCUT2D eigenvalue weighted by molar-refractivity contribution is 14.0. The van der Waals surface area contributed by atoms with Gasteiger partial charge in [0.2, 0.25) is 0 Å². The molecule has 7 heteroatoms. The van der Waals surface area contributed by atoms with Crippen LogP contribution in [0.4, 0.5) is 0 Å². The molecule has 1 heterocycles. The summed E-state index contributed by atoms with van der Waals surface area (Å²) in [4.78, 5) is 4.29. The molecule has 1 aromatic rings. The fourth-order valence-electron chi connectivity index (χ4n) is 2.62. The Morgan fingerprint density at radius 2 is 2.27 bits per heavy atom. The highest BCUT2D eigenvalue weighted by Gasteiger charge is 2.25. The topological polar surface area (TPSA) is 62.5 Å². The zero-order chi connectivity index (χ0) is 15.1. The summed E-state index contributed by atoms with van der Waals surface area (Å²) in [5.74, 6) is 2.90. The van der Waals surface area contributed by atoms with E-state index in [0.717, 1.165) is 29.1 Å². The van der Waals surface area contributed by atoms with Crippen LogP contribution >= 0.6 is 35.7 Å². The third-order valence-corrected chi connectivity index (χ3v) is 4.98. The van der Waals surface area contributed by atoms with Crippen molar-refractivity contribution < 1.29 is 4.52 Å². The summed E-state index contributed by atoms with van der Waals surface area (Å²) in [5, 5.41) is 11.6. The van der Waals surface area contributed by atoms with Crippen LogP contribution in [-0.2, 0) is 13.0 Å². The van der Waals surface area contributed by atoms with Crippen molar-refractivity contribution in [2.75, 3.05) is 12.8 Å². The van der Waals surface area contributed by atoms with Crippen LogP contribution in [0.5, 0.6) is 0 Å². The smallest absolute Gasteiger partial charge is 0.191 e. The zero-order valence-electron chi connectivity index (χ0n) is 13.6. The van der Waals surface area contributed by atoms with Crippen LogP contribution in [0, 0.1) is 0 Å². The van der Waals surface area contributed by atoms with Crippen molar-refractivity contribution in [2.24, 2.45) is 4.99 Å². The quantitative estimate of drug-likeness (QED) is 0.406. The summed E-state index contributed by atoms with van der Waals surface area (Å²) in [6.07, 6.45) is 4.65. The molecule has 2 unspecified atom stereocenters. The highest BCUT2D eigenvalue weighted by Crippen LogP contribution is 2.29. The zero-order valence-corrected chi connectivity index (χ0v) is 16.7. The van der Waals surface area contributed by atoms with Gasteiger partial charge in [0.05, 0.1) is 12.2 Å². The first-order valence-electron chi connectivity index (χ1n) is 7.78. The van der Waals surface area contributed by atoms with Crippen molar-refractivity contribution in [3.8, 4) is 0 Å². The minimum atomic E-state index is 0. The van der Waals surface area contributed by atoms with Gasteiger partial charge in [0.15, 0.2) is 11.7 Å². The Bertz CT molecular complexity index is 466. The number of aromatic nitrogens is 1. The average molecular weight is 438 g/mol. The second-order valence-electron chi connectivity index (χ2n) is 5.30. The number of hydrogen-bond acceptors (Lipinski definition) is 4. The Morgan fingerprint density at radius 3 is 2.91 bits per heavy atom. The lowest BCUT2D eigenvalue weighted by molar-refractivity contribution is 0.374. The monoisotopic (exact) mass is 438 g/mol.